The van der Waals surface area contributed by atoms with Crippen LogP contribution in [0, 0.1) is 0 Å². The van der Waals surface area contributed by atoms with Gasteiger partial charge in [0.25, 0.3) is 0 Å². The SMILES string of the molecule is CCOC(=O)/C(=N/OC)c1csc(NC(c2ccc(N(C)C)cc2)P(=O)(OCC)OCC)n1. The number of rotatable bonds is 13. The number of nitrogens with one attached hydrogen (secondary N) is 1. The van der Waals surface area contributed by atoms with Gasteiger partial charge < -0.3 is 28.8 Å². The van der Waals surface area contributed by atoms with Gasteiger partial charge in [0.05, 0.1) is 19.8 Å². The average Bonchev–Trinajstić information content (AvgIpc) is 3.24. The molecule has 0 aliphatic heterocycles. The van der Waals surface area contributed by atoms with Crippen molar-refractivity contribution in [3.63, 3.8) is 0 Å². The standard InChI is InChI=1S/C21H31N4O6PS/c1-7-29-20(26)18(24-28-6)17-14-33-21(22-17)23-19(32(27,30-8-2)31-9-3)15-10-12-16(13-11-15)25(4)5/h10-14,19H,7-9H2,1-6H3,(H,22,23)/b24-18+. The van der Waals surface area contributed by atoms with Crippen LogP contribution < -0.4 is 10.2 Å². The van der Waals surface area contributed by atoms with Gasteiger partial charge in [-0.25, -0.2) is 9.78 Å². The van der Waals surface area contributed by atoms with Crippen molar-refractivity contribution < 1.29 is 28.0 Å². The Morgan fingerprint density at radius 3 is 2.30 bits per heavy atom. The zero-order valence-corrected chi connectivity index (χ0v) is 21.4. The van der Waals surface area contributed by atoms with Crippen molar-refractivity contribution in [3.05, 3.63) is 40.9 Å². The number of oxime groups is 1. The summed E-state index contributed by atoms with van der Waals surface area (Å²) in [6.45, 7) is 5.82. The molecular weight excluding hydrogens is 467 g/mol. The Labute approximate surface area is 198 Å². The first-order chi connectivity index (χ1) is 15.8. The van der Waals surface area contributed by atoms with Gasteiger partial charge in [0, 0.05) is 25.2 Å². The molecule has 0 fully saturated rings. The Kier molecular flexibility index (Phi) is 10.3. The summed E-state index contributed by atoms with van der Waals surface area (Å²) in [6, 6.07) is 7.57. The number of nitrogens with zero attached hydrogens (tertiary/aromatic N) is 3. The molecule has 0 saturated heterocycles. The van der Waals surface area contributed by atoms with Gasteiger partial charge in [0.2, 0.25) is 5.71 Å². The van der Waals surface area contributed by atoms with E-state index in [4.69, 9.17) is 18.6 Å². The number of thiazole rings is 1. The maximum atomic E-state index is 13.7. The van der Waals surface area contributed by atoms with Gasteiger partial charge >= 0.3 is 13.6 Å². The van der Waals surface area contributed by atoms with E-state index < -0.39 is 19.3 Å². The number of ether oxygens (including phenoxy) is 1. The van der Waals surface area contributed by atoms with E-state index in [2.05, 4.69) is 15.5 Å². The summed E-state index contributed by atoms with van der Waals surface area (Å²) in [7, 11) is 1.60. The number of carbonyl (C=O) groups is 1. The van der Waals surface area contributed by atoms with Crippen LogP contribution in [0.15, 0.2) is 34.8 Å². The molecule has 1 N–H and O–H groups in total. The minimum atomic E-state index is -3.62. The van der Waals surface area contributed by atoms with E-state index in [1.807, 2.05) is 43.3 Å². The molecule has 2 rings (SSSR count). The second-order valence-corrected chi connectivity index (χ2v) is 9.76. The fourth-order valence-electron chi connectivity index (χ4n) is 2.89. The summed E-state index contributed by atoms with van der Waals surface area (Å²) in [6.07, 6.45) is 0. The van der Waals surface area contributed by atoms with Gasteiger partial charge in [-0.1, -0.05) is 17.3 Å². The number of esters is 1. The quantitative estimate of drug-likeness (QED) is 0.185. The second kappa shape index (κ2) is 12.7. The smallest absolute Gasteiger partial charge is 0.362 e. The highest BCUT2D eigenvalue weighted by atomic mass is 32.1. The number of hydrogen-bond acceptors (Lipinski definition) is 11. The molecule has 1 unspecified atom stereocenters. The summed E-state index contributed by atoms with van der Waals surface area (Å²) in [5.41, 5.74) is 1.91. The average molecular weight is 499 g/mol. The zero-order chi connectivity index (χ0) is 24.4. The zero-order valence-electron chi connectivity index (χ0n) is 19.7. The van der Waals surface area contributed by atoms with E-state index in [9.17, 15) is 9.36 Å². The molecule has 1 atom stereocenters. The van der Waals surface area contributed by atoms with Crippen molar-refractivity contribution in [2.24, 2.45) is 5.16 Å². The summed E-state index contributed by atoms with van der Waals surface area (Å²) in [5, 5.41) is 8.96. The molecule has 0 aliphatic carbocycles. The van der Waals surface area contributed by atoms with Crippen molar-refractivity contribution in [3.8, 4) is 0 Å². The van der Waals surface area contributed by atoms with Gasteiger partial charge in [0.1, 0.15) is 12.8 Å². The first kappa shape index (κ1) is 26.8. The van der Waals surface area contributed by atoms with Crippen LogP contribution in [0.1, 0.15) is 37.8 Å². The van der Waals surface area contributed by atoms with Crippen molar-refractivity contribution >= 4 is 41.4 Å². The predicted octanol–water partition coefficient (Wildman–Crippen LogP) is 4.50. The van der Waals surface area contributed by atoms with E-state index in [1.165, 1.54) is 18.4 Å². The van der Waals surface area contributed by atoms with E-state index in [1.54, 1.807) is 26.2 Å². The van der Waals surface area contributed by atoms with E-state index >= 15 is 0 Å². The van der Waals surface area contributed by atoms with Crippen LogP contribution in [-0.4, -0.2) is 57.7 Å². The third-order valence-electron chi connectivity index (χ3n) is 4.32. The fraction of sp³-hybridized carbons (Fsp3) is 0.476. The molecule has 1 aromatic carbocycles. The van der Waals surface area contributed by atoms with Crippen molar-refractivity contribution in [1.29, 1.82) is 0 Å². The number of aromatic nitrogens is 1. The van der Waals surface area contributed by atoms with Gasteiger partial charge in [-0.15, -0.1) is 11.3 Å². The highest BCUT2D eigenvalue weighted by molar-refractivity contribution is 7.54. The highest BCUT2D eigenvalue weighted by Crippen LogP contribution is 2.61. The summed E-state index contributed by atoms with van der Waals surface area (Å²) in [4.78, 5) is 23.4. The summed E-state index contributed by atoms with van der Waals surface area (Å²) in [5.74, 6) is -1.47. The Morgan fingerprint density at radius 2 is 1.79 bits per heavy atom. The molecule has 1 aromatic heterocycles. The predicted molar refractivity (Wildman–Crippen MR) is 130 cm³/mol. The topological polar surface area (TPSA) is 112 Å². The van der Waals surface area contributed by atoms with Crippen molar-refractivity contribution in [2.45, 2.75) is 26.6 Å². The Hall–Kier alpha value is -2.46. The van der Waals surface area contributed by atoms with Crippen LogP contribution in [-0.2, 0) is 28.0 Å². The highest BCUT2D eigenvalue weighted by Gasteiger charge is 2.38. The summed E-state index contributed by atoms with van der Waals surface area (Å²) >= 11 is 1.22. The van der Waals surface area contributed by atoms with Crippen molar-refractivity contribution in [1.82, 2.24) is 4.98 Å². The van der Waals surface area contributed by atoms with Crippen LogP contribution >= 0.6 is 18.9 Å². The largest absolute Gasteiger partial charge is 0.461 e. The molecule has 0 radical (unpaired) electrons. The number of carbonyl (C=O) groups excluding carboxylic acids is 1. The molecule has 0 spiro atoms. The van der Waals surface area contributed by atoms with Crippen LogP contribution in [0.3, 0.4) is 0 Å². The molecule has 0 aliphatic rings. The second-order valence-electron chi connectivity index (χ2n) is 6.79. The van der Waals surface area contributed by atoms with Crippen LogP contribution in [0.4, 0.5) is 10.8 Å². The van der Waals surface area contributed by atoms with Gasteiger partial charge in [-0.3, -0.25) is 4.57 Å². The third kappa shape index (κ3) is 7.01. The van der Waals surface area contributed by atoms with Crippen LogP contribution in [0.25, 0.3) is 0 Å². The van der Waals surface area contributed by atoms with Gasteiger partial charge in [-0.05, 0) is 38.5 Å². The normalized spacial score (nSPS) is 12.8. The van der Waals surface area contributed by atoms with Gasteiger partial charge in [0.15, 0.2) is 10.9 Å². The van der Waals surface area contributed by atoms with Gasteiger partial charge in [-0.2, -0.15) is 0 Å². The lowest BCUT2D eigenvalue weighted by Gasteiger charge is -2.27. The maximum absolute atomic E-state index is 13.7. The first-order valence-electron chi connectivity index (χ1n) is 10.5. The van der Waals surface area contributed by atoms with Crippen LogP contribution in [0.5, 0.6) is 0 Å². The molecule has 1 heterocycles. The Morgan fingerprint density at radius 1 is 1.15 bits per heavy atom. The van der Waals surface area contributed by atoms with E-state index in [0.717, 1.165) is 5.69 Å². The lowest BCUT2D eigenvalue weighted by molar-refractivity contribution is -0.135. The molecule has 182 valence electrons. The van der Waals surface area contributed by atoms with E-state index in [-0.39, 0.29) is 31.2 Å². The molecule has 0 saturated carbocycles. The van der Waals surface area contributed by atoms with Crippen LogP contribution in [0.2, 0.25) is 0 Å². The molecule has 12 heteroatoms. The number of hydrogen-bond donors (Lipinski definition) is 1. The lowest BCUT2D eigenvalue weighted by atomic mass is 10.2. The van der Waals surface area contributed by atoms with Crippen molar-refractivity contribution in [2.75, 3.05) is 51.2 Å². The molecule has 2 aromatic rings. The maximum Gasteiger partial charge on any atom is 0.362 e. The molecular formula is C21H31N4O6PS. The molecule has 10 nitrogen and oxygen atoms in total. The molecule has 0 amide bonds. The number of anilines is 2. The third-order valence-corrected chi connectivity index (χ3v) is 7.39. The fourth-order valence-corrected chi connectivity index (χ4v) is 5.61. The van der Waals surface area contributed by atoms with E-state index in [0.29, 0.717) is 10.7 Å². The monoisotopic (exact) mass is 498 g/mol. The number of benzene rings is 1. The minimum Gasteiger partial charge on any atom is -0.461 e. The Balaban J connectivity index is 2.44. The molecule has 0 bridgehead atoms. The Bertz CT molecular complexity index is 969. The summed E-state index contributed by atoms with van der Waals surface area (Å²) < 4.78 is 30.0. The molecule has 33 heavy (non-hydrogen) atoms. The first-order valence-corrected chi connectivity index (χ1v) is 12.9. The lowest BCUT2D eigenvalue weighted by Crippen LogP contribution is -2.20. The minimum absolute atomic E-state index is 0.0617.